The van der Waals surface area contributed by atoms with Crippen LogP contribution in [0.2, 0.25) is 5.02 Å². The zero-order chi connectivity index (χ0) is 16.8. The highest BCUT2D eigenvalue weighted by Gasteiger charge is 2.21. The Morgan fingerprint density at radius 3 is 2.33 bits per heavy atom. The van der Waals surface area contributed by atoms with Crippen molar-refractivity contribution in [2.75, 3.05) is 0 Å². The van der Waals surface area contributed by atoms with E-state index < -0.39 is 0 Å². The zero-order valence-corrected chi connectivity index (χ0v) is 15.0. The van der Waals surface area contributed by atoms with Crippen LogP contribution in [0.3, 0.4) is 0 Å². The van der Waals surface area contributed by atoms with Crippen molar-refractivity contribution < 1.29 is 0 Å². The van der Waals surface area contributed by atoms with E-state index in [0.717, 1.165) is 22.3 Å². The molecule has 1 saturated carbocycles. The van der Waals surface area contributed by atoms with Crippen molar-refractivity contribution in [1.29, 1.82) is 0 Å². The summed E-state index contributed by atoms with van der Waals surface area (Å²) in [5, 5.41) is 0.736. The first-order valence-electron chi connectivity index (χ1n) is 9.01. The molecule has 1 heterocycles. The molecule has 1 aliphatic rings. The fraction of sp³-hybridized carbons (Fsp3) is 0.429. The normalized spacial score (nSPS) is 21.2. The molecule has 0 unspecified atom stereocenters. The maximum Gasteiger partial charge on any atom is 0.159 e. The van der Waals surface area contributed by atoms with Crippen molar-refractivity contribution in [2.24, 2.45) is 5.92 Å². The SMILES string of the molecule is CCC/C=C/[C@H]1CC[C@H](c2cnc(-c3ccc(Cl)cc3)nc2)CC1. The molecule has 1 aromatic carbocycles. The van der Waals surface area contributed by atoms with Crippen LogP contribution in [0.4, 0.5) is 0 Å². The van der Waals surface area contributed by atoms with E-state index in [2.05, 4.69) is 29.0 Å². The van der Waals surface area contributed by atoms with Crippen LogP contribution in [-0.2, 0) is 0 Å². The lowest BCUT2D eigenvalue weighted by molar-refractivity contribution is 0.374. The number of benzene rings is 1. The lowest BCUT2D eigenvalue weighted by Crippen LogP contribution is -2.12. The number of hydrogen-bond acceptors (Lipinski definition) is 2. The van der Waals surface area contributed by atoms with Gasteiger partial charge >= 0.3 is 0 Å². The van der Waals surface area contributed by atoms with Crippen LogP contribution in [0, 0.1) is 5.92 Å². The summed E-state index contributed by atoms with van der Waals surface area (Å²) in [6.07, 6.45) is 16.3. The first kappa shape index (κ1) is 17.2. The molecule has 2 nitrogen and oxygen atoms in total. The van der Waals surface area contributed by atoms with Gasteiger partial charge in [-0.05, 0) is 73.8 Å². The zero-order valence-electron chi connectivity index (χ0n) is 14.3. The monoisotopic (exact) mass is 340 g/mol. The summed E-state index contributed by atoms with van der Waals surface area (Å²) < 4.78 is 0. The average Bonchev–Trinajstić information content (AvgIpc) is 2.63. The number of aromatic nitrogens is 2. The minimum absolute atomic E-state index is 0.611. The van der Waals surface area contributed by atoms with Crippen LogP contribution >= 0.6 is 11.6 Å². The second kappa shape index (κ2) is 8.43. The van der Waals surface area contributed by atoms with Gasteiger partial charge in [-0.3, -0.25) is 0 Å². The minimum Gasteiger partial charge on any atom is -0.236 e. The largest absolute Gasteiger partial charge is 0.236 e. The lowest BCUT2D eigenvalue weighted by atomic mass is 9.79. The summed E-state index contributed by atoms with van der Waals surface area (Å²) >= 11 is 5.93. The molecule has 1 aromatic heterocycles. The molecule has 126 valence electrons. The predicted molar refractivity (Wildman–Crippen MR) is 101 cm³/mol. The number of nitrogens with zero attached hydrogens (tertiary/aromatic N) is 2. The van der Waals surface area contributed by atoms with Crippen LogP contribution in [0.25, 0.3) is 11.4 Å². The Kier molecular flexibility index (Phi) is 6.03. The van der Waals surface area contributed by atoms with Gasteiger partial charge in [0.05, 0.1) is 0 Å². The summed E-state index contributed by atoms with van der Waals surface area (Å²) in [6.45, 7) is 2.23. The van der Waals surface area contributed by atoms with Crippen molar-refractivity contribution in [2.45, 2.75) is 51.4 Å². The van der Waals surface area contributed by atoms with Gasteiger partial charge in [0.15, 0.2) is 5.82 Å². The Balaban J connectivity index is 1.59. The highest BCUT2D eigenvalue weighted by atomic mass is 35.5. The Labute approximate surface area is 150 Å². The molecule has 0 bridgehead atoms. The van der Waals surface area contributed by atoms with Crippen LogP contribution in [-0.4, -0.2) is 9.97 Å². The van der Waals surface area contributed by atoms with Gasteiger partial charge in [0.1, 0.15) is 0 Å². The standard InChI is InChI=1S/C21H25ClN2/c1-2-3-4-5-16-6-8-17(9-7-16)19-14-23-21(24-15-19)18-10-12-20(22)13-11-18/h4-5,10-17H,2-3,6-9H2,1H3/b5-4+/t16-,17-. The van der Waals surface area contributed by atoms with E-state index in [-0.39, 0.29) is 0 Å². The van der Waals surface area contributed by atoms with Gasteiger partial charge in [0.25, 0.3) is 0 Å². The molecule has 0 saturated heterocycles. The molecule has 0 N–H and O–H groups in total. The van der Waals surface area contributed by atoms with E-state index in [9.17, 15) is 0 Å². The van der Waals surface area contributed by atoms with Gasteiger partial charge in [-0.15, -0.1) is 0 Å². The molecule has 0 radical (unpaired) electrons. The summed E-state index contributed by atoms with van der Waals surface area (Å²) in [5.41, 5.74) is 2.29. The van der Waals surface area contributed by atoms with Gasteiger partial charge in [-0.25, -0.2) is 9.97 Å². The van der Waals surface area contributed by atoms with E-state index in [1.165, 1.54) is 44.1 Å². The molecule has 0 amide bonds. The lowest BCUT2D eigenvalue weighted by Gasteiger charge is -2.26. The second-order valence-corrected chi connectivity index (χ2v) is 7.11. The third-order valence-corrected chi connectivity index (χ3v) is 5.13. The third-order valence-electron chi connectivity index (χ3n) is 4.88. The quantitative estimate of drug-likeness (QED) is 0.586. The second-order valence-electron chi connectivity index (χ2n) is 6.68. The molecule has 3 heteroatoms. The minimum atomic E-state index is 0.611. The topological polar surface area (TPSA) is 25.8 Å². The van der Waals surface area contributed by atoms with Gasteiger partial charge in [-0.1, -0.05) is 37.1 Å². The molecule has 0 spiro atoms. The van der Waals surface area contributed by atoms with E-state index in [4.69, 9.17) is 11.6 Å². The highest BCUT2D eigenvalue weighted by molar-refractivity contribution is 6.30. The van der Waals surface area contributed by atoms with Gasteiger partial charge in [-0.2, -0.15) is 0 Å². The molecule has 2 aromatic rings. The Morgan fingerprint density at radius 2 is 1.71 bits per heavy atom. The molecule has 0 atom stereocenters. The van der Waals surface area contributed by atoms with Crippen molar-refractivity contribution in [1.82, 2.24) is 9.97 Å². The van der Waals surface area contributed by atoms with E-state index in [0.29, 0.717) is 5.92 Å². The first-order chi connectivity index (χ1) is 11.8. The van der Waals surface area contributed by atoms with Crippen LogP contribution in [0.5, 0.6) is 0 Å². The van der Waals surface area contributed by atoms with Gasteiger partial charge in [0, 0.05) is 23.0 Å². The number of unbranched alkanes of at least 4 members (excludes halogenated alkanes) is 1. The molecule has 1 aliphatic carbocycles. The molecule has 3 rings (SSSR count). The van der Waals surface area contributed by atoms with E-state index in [1.54, 1.807) is 0 Å². The predicted octanol–water partition coefficient (Wildman–Crippen LogP) is 6.43. The fourth-order valence-electron chi connectivity index (χ4n) is 3.40. The van der Waals surface area contributed by atoms with Crippen molar-refractivity contribution >= 4 is 11.6 Å². The molecular weight excluding hydrogens is 316 g/mol. The van der Waals surface area contributed by atoms with Crippen molar-refractivity contribution in [3.8, 4) is 11.4 Å². The number of halogens is 1. The third kappa shape index (κ3) is 4.45. The molecule has 0 aliphatic heterocycles. The highest BCUT2D eigenvalue weighted by Crippen LogP contribution is 2.36. The Morgan fingerprint density at radius 1 is 1.04 bits per heavy atom. The smallest absolute Gasteiger partial charge is 0.159 e. The van der Waals surface area contributed by atoms with Gasteiger partial charge < -0.3 is 0 Å². The van der Waals surface area contributed by atoms with Crippen molar-refractivity contribution in [3.05, 3.63) is 59.4 Å². The average molecular weight is 341 g/mol. The molecular formula is C21H25ClN2. The molecule has 1 fully saturated rings. The maximum absolute atomic E-state index is 5.93. The summed E-state index contributed by atoms with van der Waals surface area (Å²) in [6, 6.07) is 7.68. The number of allylic oxidation sites excluding steroid dienone is 2. The summed E-state index contributed by atoms with van der Waals surface area (Å²) in [7, 11) is 0. The van der Waals surface area contributed by atoms with Crippen LogP contribution in [0.15, 0.2) is 48.8 Å². The Hall–Kier alpha value is -1.67. The van der Waals surface area contributed by atoms with E-state index in [1.807, 2.05) is 36.7 Å². The maximum atomic E-state index is 5.93. The Bertz CT molecular complexity index is 653. The first-order valence-corrected chi connectivity index (χ1v) is 9.38. The number of rotatable bonds is 5. The van der Waals surface area contributed by atoms with E-state index >= 15 is 0 Å². The summed E-state index contributed by atoms with van der Waals surface area (Å²) in [5.74, 6) is 2.15. The van der Waals surface area contributed by atoms with Crippen LogP contribution in [0.1, 0.15) is 56.9 Å². The van der Waals surface area contributed by atoms with Crippen molar-refractivity contribution in [3.63, 3.8) is 0 Å². The van der Waals surface area contributed by atoms with Crippen LogP contribution < -0.4 is 0 Å². The molecule has 24 heavy (non-hydrogen) atoms. The summed E-state index contributed by atoms with van der Waals surface area (Å²) in [4.78, 5) is 9.13. The fourth-order valence-corrected chi connectivity index (χ4v) is 3.52. The van der Waals surface area contributed by atoms with Gasteiger partial charge in [0.2, 0.25) is 0 Å². The number of hydrogen-bond donors (Lipinski definition) is 0.